The van der Waals surface area contributed by atoms with Crippen LogP contribution < -0.4 is 9.47 Å². The molecule has 3 rings (SSSR count). The molecule has 0 saturated heterocycles. The van der Waals surface area contributed by atoms with Gasteiger partial charge in [-0.25, -0.2) is 0 Å². The first kappa shape index (κ1) is 17.9. The molecule has 0 unspecified atom stereocenters. The summed E-state index contributed by atoms with van der Waals surface area (Å²) in [5, 5.41) is 11.6. The number of nitrogens with one attached hydrogen (secondary N) is 1. The van der Waals surface area contributed by atoms with Crippen molar-refractivity contribution in [1.82, 2.24) is 14.9 Å². The van der Waals surface area contributed by atoms with E-state index in [2.05, 4.69) is 15.3 Å². The lowest BCUT2D eigenvalue weighted by Gasteiger charge is -2.11. The highest BCUT2D eigenvalue weighted by atomic mass is 32.1. The first-order valence-electron chi connectivity index (χ1n) is 8.27. The minimum Gasteiger partial charge on any atom is -0.493 e. The van der Waals surface area contributed by atoms with Gasteiger partial charge in [-0.05, 0) is 36.8 Å². The number of para-hydroxylation sites is 1. The first-order valence-corrected chi connectivity index (χ1v) is 8.68. The number of hydrogen-bond acceptors (Lipinski definition) is 5. The molecule has 0 radical (unpaired) electrons. The molecule has 0 spiro atoms. The van der Waals surface area contributed by atoms with E-state index in [1.165, 1.54) is 0 Å². The highest BCUT2D eigenvalue weighted by molar-refractivity contribution is 7.71. The summed E-state index contributed by atoms with van der Waals surface area (Å²) in [6, 6.07) is 15.7. The summed E-state index contributed by atoms with van der Waals surface area (Å²) in [4.78, 5) is 0. The third-order valence-electron chi connectivity index (χ3n) is 3.75. The Labute approximate surface area is 157 Å². The average molecular weight is 368 g/mol. The van der Waals surface area contributed by atoms with Crippen LogP contribution in [0, 0.1) is 4.77 Å². The number of ether oxygens (including phenoxy) is 2. The summed E-state index contributed by atoms with van der Waals surface area (Å²) >= 11 is 5.31. The number of H-pyrrole nitrogens is 1. The van der Waals surface area contributed by atoms with E-state index in [1.54, 1.807) is 18.0 Å². The zero-order valence-corrected chi connectivity index (χ0v) is 15.5. The molecule has 0 fully saturated rings. The van der Waals surface area contributed by atoms with Crippen LogP contribution in [0.15, 0.2) is 53.6 Å². The van der Waals surface area contributed by atoms with Crippen molar-refractivity contribution in [2.45, 2.75) is 13.3 Å². The number of methoxy groups -OCH3 is 1. The van der Waals surface area contributed by atoms with Gasteiger partial charge in [-0.2, -0.15) is 14.9 Å². The first-order chi connectivity index (χ1) is 12.7. The van der Waals surface area contributed by atoms with Crippen molar-refractivity contribution in [2.75, 3.05) is 13.7 Å². The summed E-state index contributed by atoms with van der Waals surface area (Å²) in [6.07, 6.45) is 2.33. The van der Waals surface area contributed by atoms with Crippen molar-refractivity contribution in [3.8, 4) is 11.5 Å². The fraction of sp³-hybridized carbons (Fsp3) is 0.211. The van der Waals surface area contributed by atoms with E-state index in [-0.39, 0.29) is 0 Å². The van der Waals surface area contributed by atoms with Crippen molar-refractivity contribution < 1.29 is 9.47 Å². The standard InChI is InChI=1S/C19H20N4O2S/c1-3-25-18-15(10-7-11-16(18)24-2)13-20-23-17(21-22-19(23)26)12-14-8-5-4-6-9-14/h4-11,13H,3,12H2,1-2H3,(H,22,26)/b20-13-. The Kier molecular flexibility index (Phi) is 5.80. The number of benzene rings is 2. The van der Waals surface area contributed by atoms with E-state index in [4.69, 9.17) is 21.7 Å². The number of hydrogen-bond donors (Lipinski definition) is 1. The molecule has 134 valence electrons. The predicted molar refractivity (Wildman–Crippen MR) is 104 cm³/mol. The molecule has 0 aliphatic rings. The van der Waals surface area contributed by atoms with Crippen LogP contribution in [0.3, 0.4) is 0 Å². The molecule has 0 aliphatic heterocycles. The second-order valence-corrected chi connectivity index (χ2v) is 5.86. The number of aromatic nitrogens is 3. The Bertz CT molecular complexity index is 948. The van der Waals surface area contributed by atoms with Crippen LogP contribution in [0.25, 0.3) is 0 Å². The summed E-state index contributed by atoms with van der Waals surface area (Å²) < 4.78 is 13.1. The fourth-order valence-corrected chi connectivity index (χ4v) is 2.75. The lowest BCUT2D eigenvalue weighted by molar-refractivity contribution is 0.310. The summed E-state index contributed by atoms with van der Waals surface area (Å²) in [5.74, 6) is 2.05. The largest absolute Gasteiger partial charge is 0.493 e. The van der Waals surface area contributed by atoms with E-state index < -0.39 is 0 Å². The maximum atomic E-state index is 5.71. The maximum absolute atomic E-state index is 5.71. The molecule has 0 aliphatic carbocycles. The van der Waals surface area contributed by atoms with Crippen LogP contribution in [-0.2, 0) is 6.42 Å². The Morgan fingerprint density at radius 2 is 2.00 bits per heavy atom. The second-order valence-electron chi connectivity index (χ2n) is 5.48. The van der Waals surface area contributed by atoms with Crippen molar-refractivity contribution in [3.63, 3.8) is 0 Å². The third kappa shape index (κ3) is 4.00. The fourth-order valence-electron chi connectivity index (χ4n) is 2.55. The highest BCUT2D eigenvalue weighted by Crippen LogP contribution is 2.30. The van der Waals surface area contributed by atoms with Crippen molar-refractivity contribution in [1.29, 1.82) is 0 Å². The molecule has 6 nitrogen and oxygen atoms in total. The molecule has 1 aromatic heterocycles. The smallest absolute Gasteiger partial charge is 0.216 e. The summed E-state index contributed by atoms with van der Waals surface area (Å²) in [7, 11) is 1.61. The van der Waals surface area contributed by atoms with Gasteiger partial charge in [0.1, 0.15) is 0 Å². The van der Waals surface area contributed by atoms with Crippen molar-refractivity contribution >= 4 is 18.4 Å². The van der Waals surface area contributed by atoms with Gasteiger partial charge >= 0.3 is 0 Å². The highest BCUT2D eigenvalue weighted by Gasteiger charge is 2.10. The minimum atomic E-state index is 0.438. The van der Waals surface area contributed by atoms with Crippen molar-refractivity contribution in [3.05, 3.63) is 70.3 Å². The van der Waals surface area contributed by atoms with Crippen LogP contribution in [0.1, 0.15) is 23.9 Å². The van der Waals surface area contributed by atoms with E-state index >= 15 is 0 Å². The van der Waals surface area contributed by atoms with E-state index in [0.29, 0.717) is 29.3 Å². The van der Waals surface area contributed by atoms with E-state index in [1.807, 2.05) is 55.5 Å². The predicted octanol–water partition coefficient (Wildman–Crippen LogP) is 3.82. The molecule has 7 heteroatoms. The molecule has 0 amide bonds. The van der Waals surface area contributed by atoms with Crippen LogP contribution in [0.2, 0.25) is 0 Å². The molecule has 0 atom stereocenters. The molecule has 1 N–H and O–H groups in total. The zero-order valence-electron chi connectivity index (χ0n) is 14.7. The van der Waals surface area contributed by atoms with E-state index in [0.717, 1.165) is 17.0 Å². The zero-order chi connectivity index (χ0) is 18.4. The molecule has 26 heavy (non-hydrogen) atoms. The molecule has 1 heterocycles. The van der Waals surface area contributed by atoms with Crippen LogP contribution in [0.5, 0.6) is 11.5 Å². The average Bonchev–Trinajstić information content (AvgIpc) is 3.01. The van der Waals surface area contributed by atoms with Gasteiger partial charge in [0.2, 0.25) is 4.77 Å². The Morgan fingerprint density at radius 3 is 2.73 bits per heavy atom. The lowest BCUT2D eigenvalue weighted by atomic mass is 10.1. The van der Waals surface area contributed by atoms with Gasteiger partial charge in [-0.1, -0.05) is 36.4 Å². The van der Waals surface area contributed by atoms with Gasteiger partial charge in [0.25, 0.3) is 0 Å². The van der Waals surface area contributed by atoms with Gasteiger partial charge in [0, 0.05) is 12.0 Å². The Balaban J connectivity index is 1.92. The Morgan fingerprint density at radius 1 is 1.19 bits per heavy atom. The van der Waals surface area contributed by atoms with Gasteiger partial charge in [0.05, 0.1) is 19.9 Å². The molecule has 0 bridgehead atoms. The number of aromatic amines is 1. The SMILES string of the molecule is CCOc1c(/C=N\n2c(Cc3ccccc3)n[nH]c2=S)cccc1OC. The third-order valence-corrected chi connectivity index (χ3v) is 4.02. The number of rotatable bonds is 7. The molecule has 3 aromatic rings. The topological polar surface area (TPSA) is 64.4 Å². The summed E-state index contributed by atoms with van der Waals surface area (Å²) in [6.45, 7) is 2.46. The van der Waals surface area contributed by atoms with Gasteiger partial charge in [0.15, 0.2) is 17.3 Å². The Hall–Kier alpha value is -2.93. The van der Waals surface area contributed by atoms with E-state index in [9.17, 15) is 0 Å². The minimum absolute atomic E-state index is 0.438. The lowest BCUT2D eigenvalue weighted by Crippen LogP contribution is -2.02. The molecular formula is C19H20N4O2S. The van der Waals surface area contributed by atoms with Gasteiger partial charge < -0.3 is 9.47 Å². The van der Waals surface area contributed by atoms with Gasteiger partial charge in [-0.15, -0.1) is 0 Å². The second kappa shape index (κ2) is 8.44. The quantitative estimate of drug-likeness (QED) is 0.509. The van der Waals surface area contributed by atoms with Crippen LogP contribution >= 0.6 is 12.2 Å². The van der Waals surface area contributed by atoms with Crippen LogP contribution in [0.4, 0.5) is 0 Å². The van der Waals surface area contributed by atoms with Crippen LogP contribution in [-0.4, -0.2) is 34.8 Å². The maximum Gasteiger partial charge on any atom is 0.216 e. The number of nitrogens with zero attached hydrogens (tertiary/aromatic N) is 3. The normalized spacial score (nSPS) is 11.0. The monoisotopic (exact) mass is 368 g/mol. The van der Waals surface area contributed by atoms with Crippen molar-refractivity contribution in [2.24, 2.45) is 5.10 Å². The molecule has 0 saturated carbocycles. The van der Waals surface area contributed by atoms with Gasteiger partial charge in [-0.3, -0.25) is 5.10 Å². The summed E-state index contributed by atoms with van der Waals surface area (Å²) in [5.41, 5.74) is 1.94. The molecular weight excluding hydrogens is 348 g/mol. The molecule has 2 aromatic carbocycles.